The molecule has 2 aliphatic rings. The van der Waals surface area contributed by atoms with E-state index in [4.69, 9.17) is 0 Å². The normalized spacial score (nSPS) is 22.2. The van der Waals surface area contributed by atoms with Crippen LogP contribution in [-0.4, -0.2) is 66.9 Å². The monoisotopic (exact) mass is 331 g/mol. The Morgan fingerprint density at radius 3 is 2.62 bits per heavy atom. The van der Waals surface area contributed by atoms with Gasteiger partial charge in [0.1, 0.15) is 11.7 Å². The van der Waals surface area contributed by atoms with Gasteiger partial charge in [-0.2, -0.15) is 0 Å². The molecule has 2 saturated heterocycles. The second kappa shape index (κ2) is 6.96. The Labute approximate surface area is 140 Å². The first-order chi connectivity index (χ1) is 11.5. The van der Waals surface area contributed by atoms with Gasteiger partial charge in [-0.1, -0.05) is 0 Å². The minimum atomic E-state index is -0.686. The number of amides is 3. The van der Waals surface area contributed by atoms with Crippen molar-refractivity contribution in [1.82, 2.24) is 20.5 Å². The second-order valence-electron chi connectivity index (χ2n) is 6.17. The number of piperidine rings is 1. The van der Waals surface area contributed by atoms with Crippen molar-refractivity contribution in [1.29, 1.82) is 0 Å². The Bertz CT molecular complexity index is 638. The fraction of sp³-hybridized carbons (Fsp3) is 0.500. The summed E-state index contributed by atoms with van der Waals surface area (Å²) < 4.78 is 0. The molecule has 1 unspecified atom stereocenters. The zero-order chi connectivity index (χ0) is 17.1. The van der Waals surface area contributed by atoms with E-state index in [2.05, 4.69) is 32.5 Å². The number of carbonyl (C=O) groups is 3. The van der Waals surface area contributed by atoms with Crippen LogP contribution in [0, 0.1) is 0 Å². The fourth-order valence-corrected chi connectivity index (χ4v) is 2.84. The van der Waals surface area contributed by atoms with Crippen LogP contribution in [0.2, 0.25) is 0 Å². The van der Waals surface area contributed by atoms with Gasteiger partial charge in [0.2, 0.25) is 11.8 Å². The Morgan fingerprint density at radius 2 is 2.00 bits per heavy atom. The predicted octanol–water partition coefficient (Wildman–Crippen LogP) is -0.632. The van der Waals surface area contributed by atoms with Crippen LogP contribution < -0.4 is 15.5 Å². The summed E-state index contributed by atoms with van der Waals surface area (Å²) >= 11 is 0. The lowest BCUT2D eigenvalue weighted by Crippen LogP contribution is -2.52. The van der Waals surface area contributed by atoms with Gasteiger partial charge in [0.05, 0.1) is 11.9 Å². The molecule has 128 valence electrons. The molecule has 8 nitrogen and oxygen atoms in total. The maximum absolute atomic E-state index is 12.2. The molecule has 2 aliphatic heterocycles. The number of hydrogen-bond donors (Lipinski definition) is 2. The Morgan fingerprint density at radius 1 is 1.25 bits per heavy atom. The third-order valence-electron chi connectivity index (χ3n) is 4.39. The van der Waals surface area contributed by atoms with Gasteiger partial charge in [0.15, 0.2) is 0 Å². The summed E-state index contributed by atoms with van der Waals surface area (Å²) in [6.07, 6.45) is 2.23. The van der Waals surface area contributed by atoms with E-state index in [1.807, 2.05) is 6.07 Å². The second-order valence-corrected chi connectivity index (χ2v) is 6.17. The molecule has 1 aromatic heterocycles. The number of rotatable bonds is 3. The van der Waals surface area contributed by atoms with Crippen LogP contribution in [0.5, 0.6) is 0 Å². The SMILES string of the molecule is CN1CCN(c2ccc(C(=O)NC3CCC(=O)NC3=O)nc2)CC1. The van der Waals surface area contributed by atoms with Crippen molar-refractivity contribution >= 4 is 23.4 Å². The maximum atomic E-state index is 12.2. The number of nitrogens with zero attached hydrogens (tertiary/aromatic N) is 3. The first-order valence-electron chi connectivity index (χ1n) is 8.07. The average molecular weight is 331 g/mol. The van der Waals surface area contributed by atoms with E-state index in [1.165, 1.54) is 0 Å². The number of aromatic nitrogens is 1. The largest absolute Gasteiger partial charge is 0.368 e. The van der Waals surface area contributed by atoms with E-state index in [0.29, 0.717) is 6.42 Å². The number of likely N-dealkylation sites (N-methyl/N-ethyl adjacent to an activating group) is 1. The van der Waals surface area contributed by atoms with Crippen LogP contribution >= 0.6 is 0 Å². The number of imide groups is 1. The van der Waals surface area contributed by atoms with E-state index < -0.39 is 17.9 Å². The minimum Gasteiger partial charge on any atom is -0.368 e. The molecule has 0 aliphatic carbocycles. The van der Waals surface area contributed by atoms with Crippen LogP contribution in [0.25, 0.3) is 0 Å². The smallest absolute Gasteiger partial charge is 0.270 e. The summed E-state index contributed by atoms with van der Waals surface area (Å²) in [5.74, 6) is -1.18. The third kappa shape index (κ3) is 3.70. The van der Waals surface area contributed by atoms with E-state index in [-0.39, 0.29) is 18.0 Å². The summed E-state index contributed by atoms with van der Waals surface area (Å²) in [4.78, 5) is 43.7. The molecule has 1 atom stereocenters. The molecule has 0 radical (unpaired) electrons. The molecule has 8 heteroatoms. The van der Waals surface area contributed by atoms with Crippen LogP contribution in [0.15, 0.2) is 18.3 Å². The zero-order valence-electron chi connectivity index (χ0n) is 13.6. The van der Waals surface area contributed by atoms with E-state index in [1.54, 1.807) is 12.3 Å². The highest BCUT2D eigenvalue weighted by Gasteiger charge is 2.28. The molecule has 24 heavy (non-hydrogen) atoms. The fourth-order valence-electron chi connectivity index (χ4n) is 2.84. The number of pyridine rings is 1. The van der Waals surface area contributed by atoms with Gasteiger partial charge in [0.25, 0.3) is 5.91 Å². The first kappa shape index (κ1) is 16.4. The van der Waals surface area contributed by atoms with Crippen LogP contribution in [-0.2, 0) is 9.59 Å². The average Bonchev–Trinajstić information content (AvgIpc) is 2.58. The molecule has 2 fully saturated rings. The van der Waals surface area contributed by atoms with Gasteiger partial charge in [-0.3, -0.25) is 19.7 Å². The summed E-state index contributed by atoms with van der Waals surface area (Å²) in [6.45, 7) is 3.86. The van der Waals surface area contributed by atoms with Crippen molar-refractivity contribution < 1.29 is 14.4 Å². The summed E-state index contributed by atoms with van der Waals surface area (Å²) in [7, 11) is 2.10. The Balaban J connectivity index is 1.59. The number of nitrogens with one attached hydrogen (secondary N) is 2. The lowest BCUT2D eigenvalue weighted by Gasteiger charge is -2.33. The van der Waals surface area contributed by atoms with Crippen molar-refractivity contribution in [3.8, 4) is 0 Å². The third-order valence-corrected chi connectivity index (χ3v) is 4.39. The number of piperazine rings is 1. The van der Waals surface area contributed by atoms with Crippen LogP contribution in [0.4, 0.5) is 5.69 Å². The van der Waals surface area contributed by atoms with Crippen molar-refractivity contribution in [3.05, 3.63) is 24.0 Å². The molecule has 3 heterocycles. The van der Waals surface area contributed by atoms with Gasteiger partial charge in [-0.15, -0.1) is 0 Å². The molecule has 3 amide bonds. The van der Waals surface area contributed by atoms with E-state index in [9.17, 15) is 14.4 Å². The van der Waals surface area contributed by atoms with Crippen molar-refractivity contribution in [2.24, 2.45) is 0 Å². The number of carbonyl (C=O) groups excluding carboxylic acids is 3. The number of hydrogen-bond acceptors (Lipinski definition) is 6. The molecule has 0 aromatic carbocycles. The van der Waals surface area contributed by atoms with Crippen LogP contribution in [0.1, 0.15) is 23.3 Å². The topological polar surface area (TPSA) is 94.6 Å². The highest BCUT2D eigenvalue weighted by Crippen LogP contribution is 2.15. The van der Waals surface area contributed by atoms with Gasteiger partial charge in [-0.25, -0.2) is 4.98 Å². The van der Waals surface area contributed by atoms with Crippen molar-refractivity contribution in [2.45, 2.75) is 18.9 Å². The van der Waals surface area contributed by atoms with E-state index >= 15 is 0 Å². The maximum Gasteiger partial charge on any atom is 0.270 e. The molecule has 3 rings (SSSR count). The van der Waals surface area contributed by atoms with Crippen molar-refractivity contribution in [3.63, 3.8) is 0 Å². The highest BCUT2D eigenvalue weighted by molar-refractivity contribution is 6.03. The summed E-state index contributed by atoms with van der Waals surface area (Å²) in [5.41, 5.74) is 1.25. The molecule has 2 N–H and O–H groups in total. The molecular formula is C16H21N5O3. The summed E-state index contributed by atoms with van der Waals surface area (Å²) in [6, 6.07) is 2.85. The molecule has 0 spiro atoms. The quantitative estimate of drug-likeness (QED) is 0.716. The molecule has 0 saturated carbocycles. The van der Waals surface area contributed by atoms with Gasteiger partial charge >= 0.3 is 0 Å². The Kier molecular flexibility index (Phi) is 4.75. The molecule has 0 bridgehead atoms. The van der Waals surface area contributed by atoms with Crippen molar-refractivity contribution in [2.75, 3.05) is 38.1 Å². The van der Waals surface area contributed by atoms with Gasteiger partial charge < -0.3 is 15.1 Å². The minimum absolute atomic E-state index is 0.229. The van der Waals surface area contributed by atoms with E-state index in [0.717, 1.165) is 31.9 Å². The summed E-state index contributed by atoms with van der Waals surface area (Å²) in [5, 5.41) is 4.84. The zero-order valence-corrected chi connectivity index (χ0v) is 13.6. The Hall–Kier alpha value is -2.48. The standard InChI is InChI=1S/C16H21N5O3/c1-20-6-8-21(9-7-20)11-2-3-12(17-10-11)15(23)18-13-4-5-14(22)19-16(13)24/h2-3,10,13H,4-9H2,1H3,(H,18,23)(H,19,22,24). The molecular weight excluding hydrogens is 310 g/mol. The first-order valence-corrected chi connectivity index (χ1v) is 8.07. The lowest BCUT2D eigenvalue weighted by molar-refractivity contribution is -0.134. The highest BCUT2D eigenvalue weighted by atomic mass is 16.2. The van der Waals surface area contributed by atoms with Gasteiger partial charge in [-0.05, 0) is 25.6 Å². The molecule has 1 aromatic rings. The lowest BCUT2D eigenvalue weighted by atomic mass is 10.1. The number of anilines is 1. The van der Waals surface area contributed by atoms with Crippen LogP contribution in [0.3, 0.4) is 0 Å². The predicted molar refractivity (Wildman–Crippen MR) is 87.6 cm³/mol. The van der Waals surface area contributed by atoms with Gasteiger partial charge in [0, 0.05) is 32.6 Å².